The van der Waals surface area contributed by atoms with E-state index in [-0.39, 0.29) is 22.3 Å². The highest BCUT2D eigenvalue weighted by molar-refractivity contribution is 7.71. The minimum Gasteiger partial charge on any atom is -0.352 e. The molecule has 2 amide bonds. The molecule has 0 unspecified atom stereocenters. The molecule has 1 aromatic heterocycles. The van der Waals surface area contributed by atoms with Crippen LogP contribution in [0.15, 0.2) is 23.0 Å². The monoisotopic (exact) mass is 348 g/mol. The molecule has 0 aliphatic carbocycles. The van der Waals surface area contributed by atoms with E-state index in [4.69, 9.17) is 12.2 Å². The molecule has 2 rings (SSSR count). The van der Waals surface area contributed by atoms with Crippen LogP contribution in [0, 0.1) is 4.77 Å². The van der Waals surface area contributed by atoms with E-state index in [0.29, 0.717) is 16.5 Å². The fourth-order valence-corrected chi connectivity index (χ4v) is 2.33. The lowest BCUT2D eigenvalue weighted by Gasteiger charge is -2.17. The predicted molar refractivity (Wildman–Crippen MR) is 94.6 cm³/mol. The maximum Gasteiger partial charge on any atom is 0.259 e. The molecule has 0 saturated heterocycles. The number of carbonyl (C=O) groups excluding carboxylic acids is 2. The van der Waals surface area contributed by atoms with Gasteiger partial charge in [0.25, 0.3) is 11.5 Å². The fraction of sp³-hybridized carbons (Fsp3) is 0.375. The standard InChI is InChI=1S/C16H20N4O3S/c1-4-8(2)17-13(21)9(3)18-14(22)10-5-6-11-12(7-10)19-16(24)20-15(11)23/h5-9H,4H2,1-3H3,(H,17,21)(H,18,22)(H2,19,20,23,24)/t8-,9+/m1/s1. The summed E-state index contributed by atoms with van der Waals surface area (Å²) < 4.78 is 0.186. The van der Waals surface area contributed by atoms with Crippen molar-refractivity contribution in [2.45, 2.75) is 39.3 Å². The highest BCUT2D eigenvalue weighted by Crippen LogP contribution is 2.10. The number of rotatable bonds is 5. The molecule has 2 atom stereocenters. The van der Waals surface area contributed by atoms with Gasteiger partial charge in [-0.3, -0.25) is 19.4 Å². The van der Waals surface area contributed by atoms with Crippen LogP contribution >= 0.6 is 12.2 Å². The second-order valence-electron chi connectivity index (χ2n) is 5.68. The number of carbonyl (C=O) groups is 2. The summed E-state index contributed by atoms with van der Waals surface area (Å²) in [6.45, 7) is 5.49. The molecule has 0 aliphatic rings. The average Bonchev–Trinajstić information content (AvgIpc) is 2.53. The van der Waals surface area contributed by atoms with Crippen molar-refractivity contribution >= 4 is 34.9 Å². The third-order valence-corrected chi connectivity index (χ3v) is 3.95. The first-order valence-corrected chi connectivity index (χ1v) is 8.10. The molecule has 0 saturated carbocycles. The Hall–Kier alpha value is -2.48. The molecule has 128 valence electrons. The summed E-state index contributed by atoms with van der Waals surface area (Å²) in [4.78, 5) is 41.4. The van der Waals surface area contributed by atoms with Gasteiger partial charge in [0.15, 0.2) is 4.77 Å². The summed E-state index contributed by atoms with van der Waals surface area (Å²) in [7, 11) is 0. The van der Waals surface area contributed by atoms with Crippen molar-refractivity contribution in [3.8, 4) is 0 Å². The van der Waals surface area contributed by atoms with Gasteiger partial charge in [0.2, 0.25) is 5.91 Å². The van der Waals surface area contributed by atoms with Crippen LogP contribution in [0.25, 0.3) is 10.9 Å². The fourth-order valence-electron chi connectivity index (χ4n) is 2.13. The Balaban J connectivity index is 2.18. The van der Waals surface area contributed by atoms with E-state index >= 15 is 0 Å². The Morgan fingerprint density at radius 3 is 2.58 bits per heavy atom. The minimum atomic E-state index is -0.667. The molecule has 0 spiro atoms. The normalized spacial score (nSPS) is 13.3. The van der Waals surface area contributed by atoms with Gasteiger partial charge in [-0.2, -0.15) is 0 Å². The van der Waals surface area contributed by atoms with E-state index in [1.54, 1.807) is 6.92 Å². The molecular formula is C16H20N4O3S. The summed E-state index contributed by atoms with van der Waals surface area (Å²) in [6, 6.07) is 3.99. The van der Waals surface area contributed by atoms with Gasteiger partial charge < -0.3 is 15.6 Å². The summed E-state index contributed by atoms with van der Waals surface area (Å²) in [5, 5.41) is 5.86. The highest BCUT2D eigenvalue weighted by Gasteiger charge is 2.18. The number of fused-ring (bicyclic) bond motifs is 1. The number of amides is 2. The van der Waals surface area contributed by atoms with Gasteiger partial charge in [0.1, 0.15) is 6.04 Å². The zero-order chi connectivity index (χ0) is 17.9. The predicted octanol–water partition coefficient (Wildman–Crippen LogP) is 1.62. The highest BCUT2D eigenvalue weighted by atomic mass is 32.1. The zero-order valence-corrected chi connectivity index (χ0v) is 14.5. The van der Waals surface area contributed by atoms with Crippen LogP contribution in [0.2, 0.25) is 0 Å². The van der Waals surface area contributed by atoms with Crippen molar-refractivity contribution in [1.29, 1.82) is 0 Å². The van der Waals surface area contributed by atoms with Crippen LogP contribution in [-0.4, -0.2) is 33.9 Å². The van der Waals surface area contributed by atoms with Gasteiger partial charge in [0, 0.05) is 11.6 Å². The summed E-state index contributed by atoms with van der Waals surface area (Å²) in [6.07, 6.45) is 0.810. The zero-order valence-electron chi connectivity index (χ0n) is 13.7. The SMILES string of the molecule is CC[C@@H](C)NC(=O)[C@H](C)NC(=O)c1ccc2c(=O)[nH]c(=S)[nH]c2c1. The Morgan fingerprint density at radius 2 is 1.92 bits per heavy atom. The summed E-state index contributed by atoms with van der Waals surface area (Å²) in [5.74, 6) is -0.641. The molecule has 2 aromatic rings. The molecule has 24 heavy (non-hydrogen) atoms. The average molecular weight is 348 g/mol. The number of nitrogens with one attached hydrogen (secondary N) is 4. The second-order valence-corrected chi connectivity index (χ2v) is 6.09. The second kappa shape index (κ2) is 7.39. The van der Waals surface area contributed by atoms with Crippen LogP contribution in [0.3, 0.4) is 0 Å². The molecule has 1 aromatic carbocycles. The van der Waals surface area contributed by atoms with Crippen LogP contribution < -0.4 is 16.2 Å². The number of H-pyrrole nitrogens is 2. The molecule has 0 fully saturated rings. The van der Waals surface area contributed by atoms with Crippen LogP contribution in [0.1, 0.15) is 37.6 Å². The summed E-state index contributed by atoms with van der Waals surface area (Å²) >= 11 is 4.93. The maximum absolute atomic E-state index is 12.3. The molecule has 7 nitrogen and oxygen atoms in total. The lowest BCUT2D eigenvalue weighted by atomic mass is 10.1. The first-order valence-electron chi connectivity index (χ1n) is 7.69. The van der Waals surface area contributed by atoms with Crippen molar-refractivity contribution in [2.75, 3.05) is 0 Å². The third-order valence-electron chi connectivity index (χ3n) is 3.74. The van der Waals surface area contributed by atoms with Crippen molar-refractivity contribution < 1.29 is 9.59 Å². The van der Waals surface area contributed by atoms with E-state index in [0.717, 1.165) is 6.42 Å². The van der Waals surface area contributed by atoms with Crippen LogP contribution in [0.5, 0.6) is 0 Å². The van der Waals surface area contributed by atoms with E-state index in [2.05, 4.69) is 20.6 Å². The minimum absolute atomic E-state index is 0.0457. The van der Waals surface area contributed by atoms with Crippen LogP contribution in [-0.2, 0) is 4.79 Å². The Bertz CT molecular complexity index is 887. The molecule has 1 heterocycles. The third kappa shape index (κ3) is 4.08. The molecule has 0 aliphatic heterocycles. The molecule has 4 N–H and O–H groups in total. The topological polar surface area (TPSA) is 107 Å². The smallest absolute Gasteiger partial charge is 0.259 e. The number of aromatic nitrogens is 2. The maximum atomic E-state index is 12.3. The first-order chi connectivity index (χ1) is 11.3. The number of benzene rings is 1. The van der Waals surface area contributed by atoms with E-state index < -0.39 is 11.9 Å². The van der Waals surface area contributed by atoms with Crippen molar-refractivity contribution in [1.82, 2.24) is 20.6 Å². The van der Waals surface area contributed by atoms with Gasteiger partial charge in [-0.1, -0.05) is 6.92 Å². The largest absolute Gasteiger partial charge is 0.352 e. The van der Waals surface area contributed by atoms with E-state index in [1.165, 1.54) is 18.2 Å². The van der Waals surface area contributed by atoms with E-state index in [1.807, 2.05) is 13.8 Å². The number of aromatic amines is 2. The van der Waals surface area contributed by atoms with Crippen LogP contribution in [0.4, 0.5) is 0 Å². The molecule has 0 radical (unpaired) electrons. The van der Waals surface area contributed by atoms with Gasteiger partial charge >= 0.3 is 0 Å². The van der Waals surface area contributed by atoms with Gasteiger partial charge in [-0.05, 0) is 50.7 Å². The lowest BCUT2D eigenvalue weighted by molar-refractivity contribution is -0.123. The number of hydrogen-bond donors (Lipinski definition) is 4. The molecule has 0 bridgehead atoms. The lowest BCUT2D eigenvalue weighted by Crippen LogP contribution is -2.47. The van der Waals surface area contributed by atoms with Crippen molar-refractivity contribution in [3.05, 3.63) is 38.9 Å². The Labute approximate surface area is 143 Å². The number of hydrogen-bond acceptors (Lipinski definition) is 4. The Kier molecular flexibility index (Phi) is 5.50. The van der Waals surface area contributed by atoms with Gasteiger partial charge in [-0.15, -0.1) is 0 Å². The summed E-state index contributed by atoms with van der Waals surface area (Å²) in [5.41, 5.74) is 0.483. The Morgan fingerprint density at radius 1 is 1.21 bits per heavy atom. The van der Waals surface area contributed by atoms with E-state index in [9.17, 15) is 14.4 Å². The van der Waals surface area contributed by atoms with Gasteiger partial charge in [-0.25, -0.2) is 0 Å². The van der Waals surface area contributed by atoms with Crippen molar-refractivity contribution in [3.63, 3.8) is 0 Å². The molecular weight excluding hydrogens is 328 g/mol. The van der Waals surface area contributed by atoms with Gasteiger partial charge in [0.05, 0.1) is 10.9 Å². The quantitative estimate of drug-likeness (QED) is 0.616. The molecule has 8 heteroatoms. The first kappa shape index (κ1) is 17.9. The van der Waals surface area contributed by atoms with Crippen molar-refractivity contribution in [2.24, 2.45) is 0 Å².